The Balaban J connectivity index is 1.58. The van der Waals surface area contributed by atoms with Crippen molar-refractivity contribution in [3.8, 4) is 0 Å². The van der Waals surface area contributed by atoms with Crippen molar-refractivity contribution in [2.75, 3.05) is 16.8 Å². The highest BCUT2D eigenvalue weighted by Gasteiger charge is 2.74. The molecule has 3 amide bonds. The molecule has 3 fully saturated rings. The van der Waals surface area contributed by atoms with Gasteiger partial charge >= 0.3 is 0 Å². The first-order valence-corrected chi connectivity index (χ1v) is 11.1. The molecule has 4 aliphatic heterocycles. The van der Waals surface area contributed by atoms with Crippen molar-refractivity contribution >= 4 is 40.7 Å². The minimum absolute atomic E-state index is 0.122. The van der Waals surface area contributed by atoms with E-state index in [-0.39, 0.29) is 23.8 Å². The van der Waals surface area contributed by atoms with Crippen LogP contribution < -0.4 is 10.2 Å². The number of halogens is 1. The molecule has 4 heterocycles. The zero-order chi connectivity index (χ0) is 21.7. The van der Waals surface area contributed by atoms with Gasteiger partial charge in [0.15, 0.2) is 0 Å². The van der Waals surface area contributed by atoms with Crippen LogP contribution >= 0.6 is 11.6 Å². The molecule has 0 bridgehead atoms. The molecule has 0 aliphatic carbocycles. The molecular weight excluding hydrogens is 414 g/mol. The Labute approximate surface area is 185 Å². The van der Waals surface area contributed by atoms with Crippen molar-refractivity contribution in [2.45, 2.75) is 38.3 Å². The number of aryl methyl sites for hydroxylation is 2. The molecular formula is C24H22ClN3O3. The summed E-state index contributed by atoms with van der Waals surface area (Å²) in [6.07, 6.45) is 1.71. The summed E-state index contributed by atoms with van der Waals surface area (Å²) in [7, 11) is 0. The lowest BCUT2D eigenvalue weighted by Gasteiger charge is -2.37. The van der Waals surface area contributed by atoms with Gasteiger partial charge in [0.25, 0.3) is 0 Å². The number of carbonyl (C=O) groups excluding carboxylic acids is 3. The molecule has 0 unspecified atom stereocenters. The monoisotopic (exact) mass is 435 g/mol. The van der Waals surface area contributed by atoms with Gasteiger partial charge in [-0.3, -0.25) is 19.3 Å². The number of amides is 3. The largest absolute Gasteiger partial charge is 0.324 e. The maximum Gasteiger partial charge on any atom is 0.250 e. The molecule has 158 valence electrons. The highest BCUT2D eigenvalue weighted by Crippen LogP contribution is 2.60. The summed E-state index contributed by atoms with van der Waals surface area (Å²) in [5.41, 5.74) is 2.76. The van der Waals surface area contributed by atoms with Crippen LogP contribution in [0.25, 0.3) is 0 Å². The number of imide groups is 1. The van der Waals surface area contributed by atoms with Crippen LogP contribution in [0.2, 0.25) is 5.02 Å². The highest BCUT2D eigenvalue weighted by atomic mass is 35.5. The van der Waals surface area contributed by atoms with E-state index in [2.05, 4.69) is 10.2 Å². The summed E-state index contributed by atoms with van der Waals surface area (Å²) in [4.78, 5) is 44.7. The summed E-state index contributed by atoms with van der Waals surface area (Å²) in [5.74, 6) is -2.00. The standard InChI is InChI=1S/C24H22ClN3O3/c1-12-5-8-16-15(10-12)24(23(31)26-16)20-19(17-4-3-9-27(17)24)21(29)28(22(20)30)18-11-14(25)7-6-13(18)2/h5-8,10-11,17,19-20H,3-4,9H2,1-2H3,(H,26,31)/t17-,19-,20-,24+/m1/s1. The number of nitrogens with zero attached hydrogens (tertiary/aromatic N) is 2. The SMILES string of the molecule is Cc1ccc2c(c1)[C@@]1(C(=O)N2)[C@H]2C(=O)N(c3cc(Cl)ccc3C)C(=O)[C@@H]2[C@H]2CCCN21. The van der Waals surface area contributed by atoms with Crippen LogP contribution in [0.5, 0.6) is 0 Å². The lowest BCUT2D eigenvalue weighted by Crippen LogP contribution is -2.54. The minimum Gasteiger partial charge on any atom is -0.324 e. The molecule has 0 saturated carbocycles. The van der Waals surface area contributed by atoms with Crippen LogP contribution in [-0.4, -0.2) is 35.2 Å². The van der Waals surface area contributed by atoms with Gasteiger partial charge in [-0.25, -0.2) is 4.90 Å². The second-order valence-electron chi connectivity index (χ2n) is 9.12. The van der Waals surface area contributed by atoms with Crippen molar-refractivity contribution in [3.63, 3.8) is 0 Å². The third kappa shape index (κ3) is 2.19. The maximum absolute atomic E-state index is 13.9. The number of nitrogens with one attached hydrogen (secondary N) is 1. The first-order valence-electron chi connectivity index (χ1n) is 10.7. The molecule has 2 aromatic rings. The zero-order valence-electron chi connectivity index (χ0n) is 17.3. The van der Waals surface area contributed by atoms with Gasteiger partial charge < -0.3 is 5.32 Å². The van der Waals surface area contributed by atoms with Gasteiger partial charge in [0.2, 0.25) is 17.7 Å². The smallest absolute Gasteiger partial charge is 0.250 e. The first kappa shape index (κ1) is 19.0. The fraction of sp³-hybridized carbons (Fsp3) is 0.375. The number of hydrogen-bond acceptors (Lipinski definition) is 4. The predicted octanol–water partition coefficient (Wildman–Crippen LogP) is 3.39. The van der Waals surface area contributed by atoms with E-state index >= 15 is 0 Å². The molecule has 7 heteroatoms. The highest BCUT2D eigenvalue weighted by molar-refractivity contribution is 6.32. The van der Waals surface area contributed by atoms with Crippen LogP contribution in [0, 0.1) is 25.7 Å². The summed E-state index contributed by atoms with van der Waals surface area (Å²) in [5, 5.41) is 3.48. The van der Waals surface area contributed by atoms with Gasteiger partial charge in [-0.15, -0.1) is 0 Å². The molecule has 0 radical (unpaired) electrons. The Hall–Kier alpha value is -2.70. The first-order chi connectivity index (χ1) is 14.9. The second-order valence-corrected chi connectivity index (χ2v) is 9.56. The number of carbonyl (C=O) groups is 3. The predicted molar refractivity (Wildman–Crippen MR) is 117 cm³/mol. The quantitative estimate of drug-likeness (QED) is 0.697. The van der Waals surface area contributed by atoms with E-state index in [0.29, 0.717) is 17.3 Å². The van der Waals surface area contributed by atoms with Gasteiger partial charge in [-0.2, -0.15) is 0 Å². The zero-order valence-corrected chi connectivity index (χ0v) is 18.1. The summed E-state index contributed by atoms with van der Waals surface area (Å²) >= 11 is 6.21. The molecule has 1 spiro atoms. The fourth-order valence-corrected chi connectivity index (χ4v) is 6.54. The van der Waals surface area contributed by atoms with Crippen molar-refractivity contribution in [1.82, 2.24) is 4.90 Å². The molecule has 1 N–H and O–H groups in total. The molecule has 3 saturated heterocycles. The third-order valence-electron chi connectivity index (χ3n) is 7.56. The molecule has 4 aliphatic rings. The number of anilines is 2. The Bertz CT molecular complexity index is 1190. The van der Waals surface area contributed by atoms with Crippen LogP contribution in [0.1, 0.15) is 29.5 Å². The summed E-state index contributed by atoms with van der Waals surface area (Å²) < 4.78 is 0. The number of hydrogen-bond donors (Lipinski definition) is 1. The van der Waals surface area contributed by atoms with Crippen LogP contribution in [0.4, 0.5) is 11.4 Å². The van der Waals surface area contributed by atoms with Crippen LogP contribution in [0.15, 0.2) is 36.4 Å². The van der Waals surface area contributed by atoms with Gasteiger partial charge in [0.05, 0.1) is 17.5 Å². The summed E-state index contributed by atoms with van der Waals surface area (Å²) in [6.45, 7) is 4.54. The van der Waals surface area contributed by atoms with Crippen molar-refractivity contribution in [1.29, 1.82) is 0 Å². The van der Waals surface area contributed by atoms with E-state index in [1.807, 2.05) is 38.1 Å². The Morgan fingerprint density at radius 2 is 1.87 bits per heavy atom. The topological polar surface area (TPSA) is 69.7 Å². The van der Waals surface area contributed by atoms with Crippen molar-refractivity contribution < 1.29 is 14.4 Å². The average Bonchev–Trinajstić information content (AvgIpc) is 3.43. The fourth-order valence-electron chi connectivity index (χ4n) is 6.38. The van der Waals surface area contributed by atoms with E-state index < -0.39 is 17.4 Å². The maximum atomic E-state index is 13.9. The van der Waals surface area contributed by atoms with E-state index in [4.69, 9.17) is 11.6 Å². The molecule has 4 atom stereocenters. The van der Waals surface area contributed by atoms with Gasteiger partial charge in [-0.05, 0) is 57.0 Å². The number of benzene rings is 2. The Morgan fingerprint density at radius 1 is 1.06 bits per heavy atom. The van der Waals surface area contributed by atoms with Crippen LogP contribution in [0.3, 0.4) is 0 Å². The number of fused-ring (bicyclic) bond motifs is 7. The molecule has 0 aromatic heterocycles. The van der Waals surface area contributed by atoms with Crippen molar-refractivity contribution in [2.24, 2.45) is 11.8 Å². The summed E-state index contributed by atoms with van der Waals surface area (Å²) in [6, 6.07) is 10.9. The second kappa shape index (κ2) is 6.17. The van der Waals surface area contributed by atoms with Crippen LogP contribution in [-0.2, 0) is 19.9 Å². The number of rotatable bonds is 1. The van der Waals surface area contributed by atoms with E-state index in [0.717, 1.165) is 35.2 Å². The third-order valence-corrected chi connectivity index (χ3v) is 7.80. The van der Waals surface area contributed by atoms with E-state index in [9.17, 15) is 14.4 Å². The van der Waals surface area contributed by atoms with Gasteiger partial charge in [0.1, 0.15) is 5.54 Å². The average molecular weight is 436 g/mol. The van der Waals surface area contributed by atoms with Gasteiger partial charge in [-0.1, -0.05) is 35.4 Å². The van der Waals surface area contributed by atoms with Gasteiger partial charge in [0, 0.05) is 22.3 Å². The Kier molecular flexibility index (Phi) is 3.79. The molecule has 6 rings (SSSR count). The van der Waals surface area contributed by atoms with E-state index in [1.165, 1.54) is 4.90 Å². The lowest BCUT2D eigenvalue weighted by atomic mass is 9.75. The normalized spacial score (nSPS) is 31.4. The lowest BCUT2D eigenvalue weighted by molar-refractivity contribution is -0.135. The molecule has 6 nitrogen and oxygen atoms in total. The van der Waals surface area contributed by atoms with Crippen molar-refractivity contribution in [3.05, 3.63) is 58.1 Å². The molecule has 2 aromatic carbocycles. The van der Waals surface area contributed by atoms with E-state index in [1.54, 1.807) is 12.1 Å². The minimum atomic E-state index is -1.14. The molecule has 31 heavy (non-hydrogen) atoms. The Morgan fingerprint density at radius 3 is 2.68 bits per heavy atom.